The number of hydrogen-bond donors (Lipinski definition) is 0. The molecule has 6 heteroatoms. The highest BCUT2D eigenvalue weighted by atomic mass is 16.5. The maximum atomic E-state index is 12.9. The van der Waals surface area contributed by atoms with Crippen LogP contribution in [-0.4, -0.2) is 29.0 Å². The highest BCUT2D eigenvalue weighted by Gasteiger charge is 2.14. The van der Waals surface area contributed by atoms with E-state index in [2.05, 4.69) is 4.98 Å². The number of benzene rings is 1. The summed E-state index contributed by atoms with van der Waals surface area (Å²) in [5.41, 5.74) is 1.79. The van der Waals surface area contributed by atoms with Crippen LogP contribution in [0.15, 0.2) is 71.6 Å². The van der Waals surface area contributed by atoms with Crippen LogP contribution in [0.2, 0.25) is 0 Å². The largest absolute Gasteiger partial charge is 0.493 e. The van der Waals surface area contributed by atoms with Crippen LogP contribution in [0.1, 0.15) is 30.7 Å². The van der Waals surface area contributed by atoms with Gasteiger partial charge in [-0.05, 0) is 61.4 Å². The molecule has 1 aromatic carbocycles. The molecule has 0 saturated heterocycles. The Balaban J connectivity index is 1.76. The van der Waals surface area contributed by atoms with E-state index in [0.29, 0.717) is 24.6 Å². The highest BCUT2D eigenvalue weighted by Crippen LogP contribution is 2.29. The molecular weight excluding hydrogens is 380 g/mol. The molecule has 0 spiro atoms. The van der Waals surface area contributed by atoms with Gasteiger partial charge < -0.3 is 18.8 Å². The topological polar surface area (TPSA) is 64.8 Å². The van der Waals surface area contributed by atoms with Crippen LogP contribution in [0.25, 0.3) is 6.08 Å². The molecule has 1 amide bonds. The Morgan fingerprint density at radius 3 is 2.70 bits per heavy atom. The van der Waals surface area contributed by atoms with E-state index in [1.165, 1.54) is 0 Å². The molecule has 0 bridgehead atoms. The Hall–Kier alpha value is -3.54. The second-order valence-corrected chi connectivity index (χ2v) is 7.05. The monoisotopic (exact) mass is 406 g/mol. The van der Waals surface area contributed by atoms with Gasteiger partial charge in [0, 0.05) is 25.0 Å². The van der Waals surface area contributed by atoms with Gasteiger partial charge in [0.1, 0.15) is 5.76 Å². The highest BCUT2D eigenvalue weighted by molar-refractivity contribution is 5.91. The average Bonchev–Trinajstić information content (AvgIpc) is 3.26. The fourth-order valence-corrected chi connectivity index (χ4v) is 2.93. The molecule has 2 aromatic heterocycles. The van der Waals surface area contributed by atoms with Gasteiger partial charge in [-0.1, -0.05) is 12.1 Å². The minimum Gasteiger partial charge on any atom is -0.493 e. The van der Waals surface area contributed by atoms with Crippen LogP contribution >= 0.6 is 0 Å². The Kier molecular flexibility index (Phi) is 7.27. The van der Waals surface area contributed by atoms with Crippen molar-refractivity contribution in [3.05, 3.63) is 84.1 Å². The fourth-order valence-electron chi connectivity index (χ4n) is 2.93. The number of furan rings is 1. The molecule has 6 nitrogen and oxygen atoms in total. The quantitative estimate of drug-likeness (QED) is 0.482. The molecule has 0 aliphatic heterocycles. The summed E-state index contributed by atoms with van der Waals surface area (Å²) in [6.45, 7) is 4.72. The van der Waals surface area contributed by atoms with Gasteiger partial charge in [0.25, 0.3) is 0 Å². The number of methoxy groups -OCH3 is 1. The first kappa shape index (κ1) is 21.2. The second-order valence-electron chi connectivity index (χ2n) is 7.05. The van der Waals surface area contributed by atoms with Gasteiger partial charge in [-0.25, -0.2) is 0 Å². The summed E-state index contributed by atoms with van der Waals surface area (Å²) in [6, 6.07) is 13.0. The summed E-state index contributed by atoms with van der Waals surface area (Å²) >= 11 is 0. The Morgan fingerprint density at radius 1 is 1.17 bits per heavy atom. The van der Waals surface area contributed by atoms with Crippen molar-refractivity contribution in [3.63, 3.8) is 0 Å². The molecular formula is C24H26N2O4. The van der Waals surface area contributed by atoms with E-state index in [1.54, 1.807) is 42.8 Å². The summed E-state index contributed by atoms with van der Waals surface area (Å²) in [4.78, 5) is 18.8. The predicted molar refractivity (Wildman–Crippen MR) is 115 cm³/mol. The summed E-state index contributed by atoms with van der Waals surface area (Å²) in [5.74, 6) is 1.89. The van der Waals surface area contributed by atoms with Crippen LogP contribution in [-0.2, 0) is 17.9 Å². The van der Waals surface area contributed by atoms with Gasteiger partial charge in [-0.3, -0.25) is 9.78 Å². The lowest BCUT2D eigenvalue weighted by Crippen LogP contribution is -2.28. The minimum atomic E-state index is -0.128. The van der Waals surface area contributed by atoms with Crippen molar-refractivity contribution in [1.29, 1.82) is 0 Å². The number of nitrogens with zero attached hydrogens (tertiary/aromatic N) is 2. The van der Waals surface area contributed by atoms with E-state index in [0.717, 1.165) is 16.9 Å². The SMILES string of the molecule is COc1cc(/C=C/C(=O)N(Cc2cccnc2)Cc2ccco2)ccc1OC(C)C. The van der Waals surface area contributed by atoms with E-state index in [4.69, 9.17) is 13.9 Å². The van der Waals surface area contributed by atoms with Gasteiger partial charge in [0.2, 0.25) is 5.91 Å². The molecule has 0 aliphatic rings. The predicted octanol–water partition coefficient (Wildman–Crippen LogP) is 4.71. The normalized spacial score (nSPS) is 11.1. The smallest absolute Gasteiger partial charge is 0.247 e. The Bertz CT molecular complexity index is 966. The lowest BCUT2D eigenvalue weighted by Gasteiger charge is -2.20. The molecule has 0 saturated carbocycles. The van der Waals surface area contributed by atoms with Gasteiger partial charge in [0.15, 0.2) is 11.5 Å². The maximum Gasteiger partial charge on any atom is 0.247 e. The Morgan fingerprint density at radius 2 is 2.03 bits per heavy atom. The molecule has 3 rings (SSSR count). The third-order valence-electron chi connectivity index (χ3n) is 4.30. The third kappa shape index (κ3) is 5.98. The third-order valence-corrected chi connectivity index (χ3v) is 4.30. The van der Waals surface area contributed by atoms with Crippen molar-refractivity contribution < 1.29 is 18.7 Å². The summed E-state index contributed by atoms with van der Waals surface area (Å²) in [7, 11) is 1.60. The van der Waals surface area contributed by atoms with Gasteiger partial charge >= 0.3 is 0 Å². The standard InChI is InChI=1S/C24H26N2O4/c1-18(2)30-22-10-8-19(14-23(22)28-3)9-11-24(27)26(17-21-7-5-13-29-21)16-20-6-4-12-25-15-20/h4-15,18H,16-17H2,1-3H3/b11-9+. The minimum absolute atomic E-state index is 0.0458. The van der Waals surface area contributed by atoms with Crippen molar-refractivity contribution in [3.8, 4) is 11.5 Å². The van der Waals surface area contributed by atoms with E-state index in [-0.39, 0.29) is 12.0 Å². The Labute approximate surface area is 176 Å². The molecule has 2 heterocycles. The van der Waals surface area contributed by atoms with E-state index >= 15 is 0 Å². The first-order valence-corrected chi connectivity index (χ1v) is 9.78. The molecule has 0 N–H and O–H groups in total. The molecule has 3 aromatic rings. The van der Waals surface area contributed by atoms with Gasteiger partial charge in [0.05, 0.1) is 26.0 Å². The number of ether oxygens (including phenoxy) is 2. The van der Waals surface area contributed by atoms with Crippen LogP contribution in [0.5, 0.6) is 11.5 Å². The number of carbonyl (C=O) groups excluding carboxylic acids is 1. The number of hydrogen-bond acceptors (Lipinski definition) is 5. The lowest BCUT2D eigenvalue weighted by molar-refractivity contribution is -0.127. The maximum absolute atomic E-state index is 12.9. The number of rotatable bonds is 9. The number of amides is 1. The van der Waals surface area contributed by atoms with Crippen molar-refractivity contribution in [2.45, 2.75) is 33.0 Å². The molecule has 0 atom stereocenters. The van der Waals surface area contributed by atoms with Gasteiger partial charge in [-0.15, -0.1) is 0 Å². The zero-order chi connectivity index (χ0) is 21.3. The summed E-state index contributed by atoms with van der Waals surface area (Å²) in [6.07, 6.45) is 8.43. The molecule has 0 unspecified atom stereocenters. The van der Waals surface area contributed by atoms with E-state index in [1.807, 2.05) is 56.3 Å². The second kappa shape index (κ2) is 10.3. The number of carbonyl (C=O) groups is 1. The van der Waals surface area contributed by atoms with Crippen LogP contribution in [0.3, 0.4) is 0 Å². The van der Waals surface area contributed by atoms with E-state index < -0.39 is 0 Å². The summed E-state index contributed by atoms with van der Waals surface area (Å²) in [5, 5.41) is 0. The van der Waals surface area contributed by atoms with Crippen molar-refractivity contribution in [2.75, 3.05) is 7.11 Å². The molecule has 156 valence electrons. The van der Waals surface area contributed by atoms with Crippen molar-refractivity contribution in [1.82, 2.24) is 9.88 Å². The van der Waals surface area contributed by atoms with Crippen molar-refractivity contribution in [2.24, 2.45) is 0 Å². The molecule has 0 fully saturated rings. The number of pyridine rings is 1. The number of aromatic nitrogens is 1. The lowest BCUT2D eigenvalue weighted by atomic mass is 10.1. The zero-order valence-electron chi connectivity index (χ0n) is 17.4. The molecule has 0 aliphatic carbocycles. The van der Waals surface area contributed by atoms with Crippen molar-refractivity contribution >= 4 is 12.0 Å². The van der Waals surface area contributed by atoms with Crippen LogP contribution in [0.4, 0.5) is 0 Å². The first-order valence-electron chi connectivity index (χ1n) is 9.78. The van der Waals surface area contributed by atoms with Crippen LogP contribution in [0, 0.1) is 0 Å². The van der Waals surface area contributed by atoms with Crippen LogP contribution < -0.4 is 9.47 Å². The van der Waals surface area contributed by atoms with E-state index in [9.17, 15) is 4.79 Å². The fraction of sp³-hybridized carbons (Fsp3) is 0.250. The zero-order valence-corrected chi connectivity index (χ0v) is 17.4. The molecule has 0 radical (unpaired) electrons. The van der Waals surface area contributed by atoms with Gasteiger partial charge in [-0.2, -0.15) is 0 Å². The molecule has 30 heavy (non-hydrogen) atoms. The average molecular weight is 406 g/mol. The first-order chi connectivity index (χ1) is 14.5. The summed E-state index contributed by atoms with van der Waals surface area (Å²) < 4.78 is 16.6.